The van der Waals surface area contributed by atoms with Gasteiger partial charge in [0.1, 0.15) is 0 Å². The predicted octanol–water partition coefficient (Wildman–Crippen LogP) is 7.78. The van der Waals surface area contributed by atoms with Gasteiger partial charge in [-0.05, 0) is 82.5 Å². The highest BCUT2D eigenvalue weighted by Gasteiger charge is 2.10. The lowest BCUT2D eigenvalue weighted by atomic mass is 9.94. The van der Waals surface area contributed by atoms with Crippen LogP contribution in [0.4, 0.5) is 0 Å². The average molecular weight is 445 g/mol. The molecule has 0 aliphatic heterocycles. The molecule has 0 fully saturated rings. The summed E-state index contributed by atoms with van der Waals surface area (Å²) in [5.74, 6) is 0.417. The molecule has 1 aromatic heterocycles. The number of nitrogens with one attached hydrogen (secondary N) is 1. The van der Waals surface area contributed by atoms with Crippen molar-refractivity contribution in [2.75, 3.05) is 6.54 Å². The Balaban J connectivity index is 1.51. The maximum Gasteiger partial charge on any atom is 0.0711 e. The maximum atomic E-state index is 4.58. The van der Waals surface area contributed by atoms with E-state index in [1.165, 1.54) is 22.3 Å². The van der Waals surface area contributed by atoms with Gasteiger partial charge in [-0.1, -0.05) is 81.3 Å². The van der Waals surface area contributed by atoms with Crippen molar-refractivity contribution in [3.8, 4) is 0 Å². The summed E-state index contributed by atoms with van der Waals surface area (Å²) in [6, 6.07) is 23.6. The van der Waals surface area contributed by atoms with Crippen LogP contribution < -0.4 is 5.32 Å². The zero-order valence-corrected chi connectivity index (χ0v) is 20.1. The Kier molecular flexibility index (Phi) is 7.08. The van der Waals surface area contributed by atoms with Crippen molar-refractivity contribution in [3.63, 3.8) is 0 Å². The van der Waals surface area contributed by atoms with E-state index in [4.69, 9.17) is 0 Å². The molecule has 1 N–H and O–H groups in total. The van der Waals surface area contributed by atoms with E-state index in [1.807, 2.05) is 18.3 Å². The molecule has 2 heteroatoms. The number of aryl methyl sites for hydroxylation is 1. The van der Waals surface area contributed by atoms with Crippen molar-refractivity contribution < 1.29 is 0 Å². The SMILES string of the molecule is C=Cc1cc2nccc(Cc3ccc(C(=C)NCC(C)c4ccccc4)cc3C)c2cc1C=C. The number of benzene rings is 3. The lowest BCUT2D eigenvalue weighted by Gasteiger charge is -2.17. The van der Waals surface area contributed by atoms with Crippen LogP contribution in [-0.4, -0.2) is 11.5 Å². The average Bonchev–Trinajstić information content (AvgIpc) is 2.88. The number of nitrogens with zero attached hydrogens (tertiary/aromatic N) is 1. The Bertz CT molecular complexity index is 1350. The van der Waals surface area contributed by atoms with Gasteiger partial charge in [0.05, 0.1) is 5.52 Å². The predicted molar refractivity (Wildman–Crippen MR) is 148 cm³/mol. The summed E-state index contributed by atoms with van der Waals surface area (Å²) < 4.78 is 0. The number of fused-ring (bicyclic) bond motifs is 1. The van der Waals surface area contributed by atoms with E-state index >= 15 is 0 Å². The molecule has 0 amide bonds. The fraction of sp³-hybridized carbons (Fsp3) is 0.156. The molecule has 1 atom stereocenters. The fourth-order valence-corrected chi connectivity index (χ4v) is 4.36. The van der Waals surface area contributed by atoms with Crippen LogP contribution in [0.1, 0.15) is 51.8 Å². The van der Waals surface area contributed by atoms with E-state index in [0.29, 0.717) is 5.92 Å². The first-order valence-corrected chi connectivity index (χ1v) is 11.7. The number of hydrogen-bond acceptors (Lipinski definition) is 2. The summed E-state index contributed by atoms with van der Waals surface area (Å²) >= 11 is 0. The summed E-state index contributed by atoms with van der Waals surface area (Å²) in [6.07, 6.45) is 6.47. The third-order valence-corrected chi connectivity index (χ3v) is 6.54. The molecule has 4 aromatic rings. The van der Waals surface area contributed by atoms with Crippen LogP contribution in [0, 0.1) is 6.92 Å². The lowest BCUT2D eigenvalue weighted by molar-refractivity contribution is 0.711. The third kappa shape index (κ3) is 5.02. The largest absolute Gasteiger partial charge is 0.384 e. The molecule has 1 heterocycles. The van der Waals surface area contributed by atoms with Gasteiger partial charge in [0.2, 0.25) is 0 Å². The highest BCUT2D eigenvalue weighted by atomic mass is 14.9. The zero-order valence-electron chi connectivity index (χ0n) is 20.1. The summed E-state index contributed by atoms with van der Waals surface area (Å²) in [7, 11) is 0. The molecular weight excluding hydrogens is 412 g/mol. The molecule has 34 heavy (non-hydrogen) atoms. The Morgan fingerprint density at radius 2 is 1.68 bits per heavy atom. The van der Waals surface area contributed by atoms with Crippen molar-refractivity contribution in [1.82, 2.24) is 10.3 Å². The molecule has 0 bridgehead atoms. The summed E-state index contributed by atoms with van der Waals surface area (Å²) in [5.41, 5.74) is 10.4. The van der Waals surface area contributed by atoms with E-state index in [-0.39, 0.29) is 0 Å². The summed E-state index contributed by atoms with van der Waals surface area (Å²) in [4.78, 5) is 4.58. The molecular formula is C32H32N2. The molecule has 0 spiro atoms. The van der Waals surface area contributed by atoms with Crippen molar-refractivity contribution in [2.45, 2.75) is 26.2 Å². The van der Waals surface area contributed by atoms with Crippen molar-refractivity contribution in [2.24, 2.45) is 0 Å². The minimum absolute atomic E-state index is 0.417. The van der Waals surface area contributed by atoms with Gasteiger partial charge < -0.3 is 5.32 Å². The smallest absolute Gasteiger partial charge is 0.0711 e. The lowest BCUT2D eigenvalue weighted by Crippen LogP contribution is -2.18. The Hall–Kier alpha value is -3.91. The zero-order chi connectivity index (χ0) is 24.1. The van der Waals surface area contributed by atoms with Gasteiger partial charge in [-0.3, -0.25) is 4.98 Å². The molecule has 1 unspecified atom stereocenters. The third-order valence-electron chi connectivity index (χ3n) is 6.54. The highest BCUT2D eigenvalue weighted by molar-refractivity contribution is 5.88. The second-order valence-electron chi connectivity index (χ2n) is 8.87. The first-order chi connectivity index (χ1) is 16.5. The quantitative estimate of drug-likeness (QED) is 0.285. The van der Waals surface area contributed by atoms with Crippen LogP contribution in [0.3, 0.4) is 0 Å². The van der Waals surface area contributed by atoms with Gasteiger partial charge in [0.25, 0.3) is 0 Å². The van der Waals surface area contributed by atoms with Gasteiger partial charge in [-0.25, -0.2) is 0 Å². The molecule has 170 valence electrons. The Morgan fingerprint density at radius 3 is 2.38 bits per heavy atom. The number of rotatable bonds is 9. The molecule has 3 aromatic carbocycles. The van der Waals surface area contributed by atoms with Crippen LogP contribution in [-0.2, 0) is 6.42 Å². The second kappa shape index (κ2) is 10.4. The molecule has 0 saturated heterocycles. The van der Waals surface area contributed by atoms with E-state index in [2.05, 4.69) is 111 Å². The normalized spacial score (nSPS) is 11.7. The van der Waals surface area contributed by atoms with Gasteiger partial charge in [-0.2, -0.15) is 0 Å². The Labute approximate surface area is 203 Å². The van der Waals surface area contributed by atoms with Crippen molar-refractivity contribution in [1.29, 1.82) is 0 Å². The standard InChI is InChI=1S/C32H32N2/c1-6-25-19-31-30(15-16-33-32(31)20-26(25)7-2)18-28-13-14-29(17-22(28)3)24(5)34-21-23(4)27-11-9-8-10-12-27/h6-17,19-20,23,34H,1-2,5,18,21H2,3-4H3. The minimum Gasteiger partial charge on any atom is -0.384 e. The molecule has 0 aliphatic rings. The molecule has 4 rings (SSSR count). The van der Waals surface area contributed by atoms with Gasteiger partial charge in [-0.15, -0.1) is 0 Å². The number of pyridine rings is 1. The van der Waals surface area contributed by atoms with Crippen molar-refractivity contribution >= 4 is 28.8 Å². The van der Waals surface area contributed by atoms with E-state index < -0.39 is 0 Å². The van der Waals surface area contributed by atoms with Gasteiger partial charge in [0, 0.05) is 23.8 Å². The van der Waals surface area contributed by atoms with Gasteiger partial charge >= 0.3 is 0 Å². The van der Waals surface area contributed by atoms with Crippen LogP contribution in [0.25, 0.3) is 28.8 Å². The number of hydrogen-bond donors (Lipinski definition) is 1. The first kappa shape index (κ1) is 23.3. The first-order valence-electron chi connectivity index (χ1n) is 11.7. The van der Waals surface area contributed by atoms with Crippen molar-refractivity contribution in [3.05, 3.63) is 132 Å². The van der Waals surface area contributed by atoms with Crippen LogP contribution in [0.2, 0.25) is 0 Å². The molecule has 0 radical (unpaired) electrons. The van der Waals surface area contributed by atoms with Crippen LogP contribution in [0.5, 0.6) is 0 Å². The van der Waals surface area contributed by atoms with E-state index in [9.17, 15) is 0 Å². The Morgan fingerprint density at radius 1 is 0.941 bits per heavy atom. The maximum absolute atomic E-state index is 4.58. The molecule has 0 saturated carbocycles. The monoisotopic (exact) mass is 444 g/mol. The summed E-state index contributed by atoms with van der Waals surface area (Å²) in [5, 5.41) is 4.68. The van der Waals surface area contributed by atoms with E-state index in [0.717, 1.165) is 46.3 Å². The summed E-state index contributed by atoms with van der Waals surface area (Å²) in [6.45, 7) is 17.4. The highest BCUT2D eigenvalue weighted by Crippen LogP contribution is 2.27. The van der Waals surface area contributed by atoms with E-state index in [1.54, 1.807) is 0 Å². The van der Waals surface area contributed by atoms with Gasteiger partial charge in [0.15, 0.2) is 0 Å². The topological polar surface area (TPSA) is 24.9 Å². The second-order valence-corrected chi connectivity index (χ2v) is 8.87. The number of aromatic nitrogens is 1. The minimum atomic E-state index is 0.417. The van der Waals surface area contributed by atoms with Crippen LogP contribution in [0.15, 0.2) is 92.7 Å². The van der Waals surface area contributed by atoms with Crippen LogP contribution >= 0.6 is 0 Å². The molecule has 2 nitrogen and oxygen atoms in total. The fourth-order valence-electron chi connectivity index (χ4n) is 4.36. The molecule has 0 aliphatic carbocycles.